The fraction of sp³-hybridized carbons (Fsp3) is 0.294. The number of hydrogen-bond acceptors (Lipinski definition) is 10. The molecule has 1 aliphatic heterocycles. The Labute approximate surface area is 170 Å². The maximum Gasteiger partial charge on any atom is 0.283 e. The molecular formula is C17H16N6O4S2. The van der Waals surface area contributed by atoms with Crippen molar-refractivity contribution >= 4 is 32.8 Å². The molecule has 0 aliphatic carbocycles. The van der Waals surface area contributed by atoms with Gasteiger partial charge in [0, 0.05) is 26.2 Å². The van der Waals surface area contributed by atoms with Crippen LogP contribution >= 0.6 is 11.7 Å². The van der Waals surface area contributed by atoms with Crippen LogP contribution in [0.25, 0.3) is 22.7 Å². The first-order chi connectivity index (χ1) is 14.1. The molecular weight excluding hydrogens is 416 g/mol. The van der Waals surface area contributed by atoms with E-state index in [2.05, 4.69) is 23.8 Å². The van der Waals surface area contributed by atoms with Crippen LogP contribution in [0.2, 0.25) is 0 Å². The van der Waals surface area contributed by atoms with Gasteiger partial charge in [-0.3, -0.25) is 4.90 Å². The van der Waals surface area contributed by atoms with Crippen LogP contribution in [0.15, 0.2) is 50.3 Å². The highest BCUT2D eigenvalue weighted by molar-refractivity contribution is 7.89. The fourth-order valence-corrected chi connectivity index (χ4v) is 5.44. The number of nitrogens with zero attached hydrogens (tertiary/aromatic N) is 6. The van der Waals surface area contributed by atoms with Gasteiger partial charge in [-0.15, -0.1) is 10.2 Å². The number of piperazine rings is 1. The summed E-state index contributed by atoms with van der Waals surface area (Å²) in [6.07, 6.45) is 1.54. The van der Waals surface area contributed by atoms with Gasteiger partial charge in [-0.05, 0) is 24.3 Å². The molecule has 0 atom stereocenters. The Kier molecular flexibility index (Phi) is 4.62. The van der Waals surface area contributed by atoms with Crippen molar-refractivity contribution in [2.45, 2.75) is 11.4 Å². The van der Waals surface area contributed by atoms with Crippen LogP contribution in [0.5, 0.6) is 0 Å². The molecule has 3 aromatic heterocycles. The number of furan rings is 1. The van der Waals surface area contributed by atoms with Gasteiger partial charge < -0.3 is 8.83 Å². The Morgan fingerprint density at radius 2 is 1.90 bits per heavy atom. The minimum Gasteiger partial charge on any atom is -0.459 e. The lowest BCUT2D eigenvalue weighted by Gasteiger charge is -2.33. The Balaban J connectivity index is 1.26. The maximum atomic E-state index is 13.1. The average molecular weight is 432 g/mol. The second kappa shape index (κ2) is 7.30. The number of sulfonamides is 1. The molecule has 5 rings (SSSR count). The van der Waals surface area contributed by atoms with E-state index < -0.39 is 10.0 Å². The van der Waals surface area contributed by atoms with E-state index in [9.17, 15) is 8.42 Å². The van der Waals surface area contributed by atoms with Gasteiger partial charge in [-0.2, -0.15) is 13.1 Å². The third-order valence-electron chi connectivity index (χ3n) is 4.76. The first-order valence-electron chi connectivity index (χ1n) is 8.91. The van der Waals surface area contributed by atoms with E-state index in [1.807, 2.05) is 0 Å². The van der Waals surface area contributed by atoms with E-state index in [1.165, 1.54) is 4.31 Å². The van der Waals surface area contributed by atoms with Gasteiger partial charge in [0.2, 0.25) is 15.9 Å². The zero-order chi connectivity index (χ0) is 19.8. The third-order valence-corrected chi connectivity index (χ3v) is 7.23. The van der Waals surface area contributed by atoms with Gasteiger partial charge in [-0.1, -0.05) is 6.07 Å². The second-order valence-electron chi connectivity index (χ2n) is 6.55. The SMILES string of the molecule is O=S(=O)(c1cccc2nsnc12)N1CCN(Cc2nnc(-c3ccco3)o2)CC1. The fourth-order valence-electron chi connectivity index (χ4n) is 3.27. The molecule has 1 saturated heterocycles. The molecule has 4 heterocycles. The summed E-state index contributed by atoms with van der Waals surface area (Å²) in [5, 5.41) is 8.03. The lowest BCUT2D eigenvalue weighted by Crippen LogP contribution is -2.48. The van der Waals surface area contributed by atoms with Crippen LogP contribution in [-0.2, 0) is 16.6 Å². The number of aromatic nitrogens is 4. The van der Waals surface area contributed by atoms with Crippen molar-refractivity contribution in [3.8, 4) is 11.7 Å². The molecule has 29 heavy (non-hydrogen) atoms. The van der Waals surface area contributed by atoms with Crippen molar-refractivity contribution < 1.29 is 17.3 Å². The van der Waals surface area contributed by atoms with Crippen LogP contribution < -0.4 is 0 Å². The quantitative estimate of drug-likeness (QED) is 0.465. The molecule has 0 N–H and O–H groups in total. The first-order valence-corrected chi connectivity index (χ1v) is 11.1. The summed E-state index contributed by atoms with van der Waals surface area (Å²) in [5.41, 5.74) is 1.02. The van der Waals surface area contributed by atoms with Crippen molar-refractivity contribution in [3.05, 3.63) is 42.5 Å². The third kappa shape index (κ3) is 3.44. The van der Waals surface area contributed by atoms with Gasteiger partial charge in [-0.25, -0.2) is 8.42 Å². The molecule has 1 fully saturated rings. The summed E-state index contributed by atoms with van der Waals surface area (Å²) in [7, 11) is -3.63. The monoisotopic (exact) mass is 432 g/mol. The van der Waals surface area contributed by atoms with E-state index in [4.69, 9.17) is 8.83 Å². The van der Waals surface area contributed by atoms with E-state index in [-0.39, 0.29) is 4.90 Å². The molecule has 0 saturated carbocycles. The van der Waals surface area contributed by atoms with Crippen LogP contribution in [-0.4, -0.2) is 62.7 Å². The summed E-state index contributed by atoms with van der Waals surface area (Å²) in [6.45, 7) is 2.31. The lowest BCUT2D eigenvalue weighted by atomic mass is 10.3. The Morgan fingerprint density at radius 3 is 2.69 bits per heavy atom. The predicted molar refractivity (Wildman–Crippen MR) is 103 cm³/mol. The molecule has 4 aromatic rings. The van der Waals surface area contributed by atoms with Gasteiger partial charge >= 0.3 is 0 Å². The lowest BCUT2D eigenvalue weighted by molar-refractivity contribution is 0.168. The first kappa shape index (κ1) is 18.4. The minimum atomic E-state index is -3.63. The van der Waals surface area contributed by atoms with Crippen LogP contribution in [0.3, 0.4) is 0 Å². The van der Waals surface area contributed by atoms with Gasteiger partial charge in [0.05, 0.1) is 24.5 Å². The zero-order valence-corrected chi connectivity index (χ0v) is 16.8. The normalized spacial score (nSPS) is 16.6. The second-order valence-corrected chi connectivity index (χ2v) is 8.98. The average Bonchev–Trinajstić information content (AvgIpc) is 3.48. The van der Waals surface area contributed by atoms with Crippen LogP contribution in [0, 0.1) is 0 Å². The highest BCUT2D eigenvalue weighted by atomic mass is 32.2. The Hall–Kier alpha value is -2.67. The van der Waals surface area contributed by atoms with E-state index in [0.29, 0.717) is 61.3 Å². The van der Waals surface area contributed by atoms with E-state index in [1.54, 1.807) is 36.6 Å². The zero-order valence-electron chi connectivity index (χ0n) is 15.1. The largest absolute Gasteiger partial charge is 0.459 e. The number of rotatable bonds is 5. The van der Waals surface area contributed by atoms with Crippen molar-refractivity contribution in [1.82, 2.24) is 28.1 Å². The van der Waals surface area contributed by atoms with Gasteiger partial charge in [0.25, 0.3) is 5.89 Å². The summed E-state index contributed by atoms with van der Waals surface area (Å²) in [4.78, 5) is 2.29. The Bertz CT molecular complexity index is 1230. The molecule has 150 valence electrons. The smallest absolute Gasteiger partial charge is 0.283 e. The predicted octanol–water partition coefficient (Wildman–Crippen LogP) is 1.84. The molecule has 0 spiro atoms. The van der Waals surface area contributed by atoms with Crippen molar-refractivity contribution in [1.29, 1.82) is 0 Å². The maximum absolute atomic E-state index is 13.1. The Morgan fingerprint density at radius 1 is 1.03 bits per heavy atom. The summed E-state index contributed by atoms with van der Waals surface area (Å²) >= 11 is 1.01. The summed E-state index contributed by atoms with van der Waals surface area (Å²) < 4.78 is 46.8. The molecule has 10 nitrogen and oxygen atoms in total. The topological polar surface area (TPSA) is 118 Å². The van der Waals surface area contributed by atoms with Gasteiger partial charge in [0.1, 0.15) is 15.9 Å². The van der Waals surface area contributed by atoms with E-state index in [0.717, 1.165) is 11.7 Å². The molecule has 12 heteroatoms. The molecule has 0 unspecified atom stereocenters. The molecule has 1 aromatic carbocycles. The molecule has 0 radical (unpaired) electrons. The standard InChI is InChI=1S/C17H16N6O4S2/c24-29(25,14-5-1-3-12-16(14)21-28-20-12)23-8-6-22(7-9-23)11-15-18-19-17(27-15)13-4-2-10-26-13/h1-5,10H,6-9,11H2. The number of benzene rings is 1. The summed E-state index contributed by atoms with van der Waals surface area (Å²) in [6, 6.07) is 8.54. The van der Waals surface area contributed by atoms with Crippen molar-refractivity contribution in [3.63, 3.8) is 0 Å². The number of fused-ring (bicyclic) bond motifs is 1. The minimum absolute atomic E-state index is 0.206. The molecule has 0 bridgehead atoms. The van der Waals surface area contributed by atoms with Crippen LogP contribution in [0.4, 0.5) is 0 Å². The molecule has 1 aliphatic rings. The summed E-state index contributed by atoms with van der Waals surface area (Å²) in [5.74, 6) is 1.31. The van der Waals surface area contributed by atoms with Crippen molar-refractivity contribution in [2.75, 3.05) is 26.2 Å². The molecule has 0 amide bonds. The highest BCUT2D eigenvalue weighted by Crippen LogP contribution is 2.25. The highest BCUT2D eigenvalue weighted by Gasteiger charge is 2.31. The van der Waals surface area contributed by atoms with Crippen molar-refractivity contribution in [2.24, 2.45) is 0 Å². The van der Waals surface area contributed by atoms with E-state index >= 15 is 0 Å². The van der Waals surface area contributed by atoms with Crippen LogP contribution in [0.1, 0.15) is 5.89 Å². The number of hydrogen-bond donors (Lipinski definition) is 0. The van der Waals surface area contributed by atoms with Gasteiger partial charge in [0.15, 0.2) is 5.76 Å².